The Balaban J connectivity index is 1.78. The summed E-state index contributed by atoms with van der Waals surface area (Å²) in [5, 5.41) is 23.8. The Kier molecular flexibility index (Phi) is 10.7. The highest BCUT2D eigenvalue weighted by Gasteiger charge is 2.41. The van der Waals surface area contributed by atoms with Crippen molar-refractivity contribution >= 4 is 40.5 Å². The van der Waals surface area contributed by atoms with Gasteiger partial charge in [0, 0.05) is 52.2 Å². The third-order valence-electron chi connectivity index (χ3n) is 7.06. The number of aliphatic hydroxyl groups is 2. The lowest BCUT2D eigenvalue weighted by Crippen LogP contribution is -2.45. The second kappa shape index (κ2) is 14.0. The summed E-state index contributed by atoms with van der Waals surface area (Å²) in [5.41, 5.74) is 1.60. The first-order valence-electron chi connectivity index (χ1n) is 13.9. The molecular weight excluding hydrogens is 596 g/mol. The van der Waals surface area contributed by atoms with E-state index in [0.29, 0.717) is 44.0 Å². The number of hydrogen-bond donors (Lipinski definition) is 2. The maximum Gasteiger partial charge on any atom is 0.311 e. The minimum absolute atomic E-state index is 0.0201. The molecule has 4 rings (SSSR count). The molecule has 3 aromatic rings. The lowest BCUT2D eigenvalue weighted by atomic mass is 9.92. The van der Waals surface area contributed by atoms with Crippen molar-refractivity contribution in [3.05, 3.63) is 68.6 Å². The second-order valence-corrected chi connectivity index (χ2v) is 12.3. The summed E-state index contributed by atoms with van der Waals surface area (Å²) < 4.78 is 22.9. The maximum atomic E-state index is 14.3. The molecule has 232 valence electrons. The number of anilines is 1. The molecule has 0 bridgehead atoms. The Labute approximate surface area is 260 Å². The highest BCUT2D eigenvalue weighted by Crippen LogP contribution is 2.46. The molecule has 1 aliphatic rings. The number of esters is 1. The van der Waals surface area contributed by atoms with E-state index in [-0.39, 0.29) is 32.6 Å². The Morgan fingerprint density at radius 2 is 1.98 bits per heavy atom. The predicted molar refractivity (Wildman–Crippen MR) is 163 cm³/mol. The van der Waals surface area contributed by atoms with E-state index in [4.69, 9.17) is 30.5 Å². The molecule has 12 heteroatoms. The number of carbonyl (C=O) groups is 2. The first kappa shape index (κ1) is 32.7. The molecule has 0 saturated heterocycles. The Morgan fingerprint density at radius 1 is 1.21 bits per heavy atom. The van der Waals surface area contributed by atoms with Crippen LogP contribution in [0.3, 0.4) is 0 Å². The van der Waals surface area contributed by atoms with Gasteiger partial charge in [0.15, 0.2) is 11.5 Å². The highest BCUT2D eigenvalue weighted by atomic mass is 35.5. The van der Waals surface area contributed by atoms with Gasteiger partial charge in [-0.25, -0.2) is 4.98 Å². The SMILES string of the molecule is CCOC(=O)Cc1csc(C(O)CC2OC(c3cccc(OC)c3OC)c3cc(Cl)ccc3N(CC(C)(C)CO)C2=O)n1. The lowest BCUT2D eigenvalue weighted by Gasteiger charge is -2.33. The maximum absolute atomic E-state index is 14.3. The smallest absolute Gasteiger partial charge is 0.311 e. The third-order valence-corrected chi connectivity index (χ3v) is 8.29. The number of aromatic nitrogens is 1. The number of para-hydroxylation sites is 1. The van der Waals surface area contributed by atoms with Crippen molar-refractivity contribution in [1.29, 1.82) is 0 Å². The number of fused-ring (bicyclic) bond motifs is 1. The lowest BCUT2D eigenvalue weighted by molar-refractivity contribution is -0.142. The number of rotatable bonds is 12. The van der Waals surface area contributed by atoms with E-state index >= 15 is 0 Å². The molecule has 1 amide bonds. The first-order valence-corrected chi connectivity index (χ1v) is 15.1. The number of hydrogen-bond acceptors (Lipinski definition) is 10. The van der Waals surface area contributed by atoms with Crippen LogP contribution >= 0.6 is 22.9 Å². The molecule has 10 nitrogen and oxygen atoms in total. The monoisotopic (exact) mass is 632 g/mol. The van der Waals surface area contributed by atoms with E-state index in [1.807, 2.05) is 19.9 Å². The molecule has 1 aromatic heterocycles. The van der Waals surface area contributed by atoms with Crippen molar-refractivity contribution in [3.8, 4) is 11.5 Å². The van der Waals surface area contributed by atoms with Crippen LogP contribution in [0.1, 0.15) is 61.2 Å². The number of aliphatic hydroxyl groups excluding tert-OH is 2. The fourth-order valence-electron chi connectivity index (χ4n) is 4.95. The van der Waals surface area contributed by atoms with E-state index in [1.165, 1.54) is 25.6 Å². The molecule has 0 radical (unpaired) electrons. The van der Waals surface area contributed by atoms with Crippen LogP contribution < -0.4 is 14.4 Å². The van der Waals surface area contributed by atoms with Gasteiger partial charge in [0.25, 0.3) is 5.91 Å². The summed E-state index contributed by atoms with van der Waals surface area (Å²) in [6.07, 6.45) is -3.27. The third kappa shape index (κ3) is 7.47. The van der Waals surface area contributed by atoms with E-state index in [0.717, 1.165) is 0 Å². The van der Waals surface area contributed by atoms with Crippen LogP contribution in [0.15, 0.2) is 41.8 Å². The number of carbonyl (C=O) groups excluding carboxylic acids is 2. The fraction of sp³-hybridized carbons (Fsp3) is 0.452. The highest BCUT2D eigenvalue weighted by molar-refractivity contribution is 7.09. The van der Waals surface area contributed by atoms with Gasteiger partial charge in [0.1, 0.15) is 23.3 Å². The van der Waals surface area contributed by atoms with Gasteiger partial charge >= 0.3 is 5.97 Å². The van der Waals surface area contributed by atoms with Crippen LogP contribution in [-0.2, 0) is 25.5 Å². The van der Waals surface area contributed by atoms with Crippen molar-refractivity contribution in [2.24, 2.45) is 5.41 Å². The summed E-state index contributed by atoms with van der Waals surface area (Å²) in [6, 6.07) is 10.6. The van der Waals surface area contributed by atoms with E-state index < -0.39 is 35.6 Å². The number of nitrogens with zero attached hydrogens (tertiary/aromatic N) is 2. The topological polar surface area (TPSA) is 128 Å². The average molecular weight is 633 g/mol. The van der Waals surface area contributed by atoms with Gasteiger partial charge < -0.3 is 34.1 Å². The molecule has 2 aromatic carbocycles. The molecule has 0 spiro atoms. The van der Waals surface area contributed by atoms with E-state index in [2.05, 4.69) is 4.98 Å². The van der Waals surface area contributed by atoms with Crippen LogP contribution in [0.2, 0.25) is 5.02 Å². The zero-order valence-corrected chi connectivity index (χ0v) is 26.4. The van der Waals surface area contributed by atoms with Gasteiger partial charge in [-0.15, -0.1) is 11.3 Å². The molecule has 2 heterocycles. The van der Waals surface area contributed by atoms with Crippen molar-refractivity contribution in [2.45, 2.75) is 51.9 Å². The number of thiazole rings is 1. The van der Waals surface area contributed by atoms with Crippen molar-refractivity contribution in [3.63, 3.8) is 0 Å². The normalized spacial score (nSPS) is 17.7. The quantitative estimate of drug-likeness (QED) is 0.269. The first-order chi connectivity index (χ1) is 20.5. The number of amides is 1. The molecular formula is C31H37ClN2O8S. The fourth-order valence-corrected chi connectivity index (χ4v) is 5.94. The number of halogens is 1. The summed E-state index contributed by atoms with van der Waals surface area (Å²) >= 11 is 7.67. The zero-order valence-electron chi connectivity index (χ0n) is 24.8. The minimum atomic E-state index is -1.17. The summed E-state index contributed by atoms with van der Waals surface area (Å²) in [6.45, 7) is 5.71. The number of benzene rings is 2. The molecule has 0 fully saturated rings. The number of methoxy groups -OCH3 is 2. The molecule has 1 aliphatic heterocycles. The molecule has 3 unspecified atom stereocenters. The van der Waals surface area contributed by atoms with E-state index in [9.17, 15) is 19.8 Å². The Morgan fingerprint density at radius 3 is 2.65 bits per heavy atom. The summed E-state index contributed by atoms with van der Waals surface area (Å²) in [5.74, 6) is 0.108. The summed E-state index contributed by atoms with van der Waals surface area (Å²) in [4.78, 5) is 32.2. The van der Waals surface area contributed by atoms with Gasteiger partial charge in [-0.05, 0) is 31.2 Å². The van der Waals surface area contributed by atoms with Crippen molar-refractivity contribution in [2.75, 3.05) is 38.9 Å². The van der Waals surface area contributed by atoms with Crippen LogP contribution in [-0.4, -0.2) is 67.2 Å². The summed E-state index contributed by atoms with van der Waals surface area (Å²) in [7, 11) is 3.06. The Hall–Kier alpha value is -3.22. The van der Waals surface area contributed by atoms with Crippen LogP contribution in [0.25, 0.3) is 0 Å². The Bertz CT molecular complexity index is 1440. The molecule has 3 atom stereocenters. The minimum Gasteiger partial charge on any atom is -0.493 e. The largest absolute Gasteiger partial charge is 0.493 e. The van der Waals surface area contributed by atoms with Gasteiger partial charge in [-0.3, -0.25) is 9.59 Å². The van der Waals surface area contributed by atoms with Crippen molar-refractivity contribution < 1.29 is 38.7 Å². The predicted octanol–water partition coefficient (Wildman–Crippen LogP) is 4.88. The molecule has 0 saturated carbocycles. The average Bonchev–Trinajstić information content (AvgIpc) is 3.42. The number of ether oxygens (including phenoxy) is 4. The standard InChI is InChI=1S/C31H37ClN2O8S/c1-6-41-26(37)13-19-15-43-29(33-19)23(36)14-25-30(38)34(16-31(2,3)17-35)22-11-10-18(32)12-21(22)27(42-25)20-8-7-9-24(39-4)28(20)40-5/h7-12,15,23,25,27,35-36H,6,13-14,16-17H2,1-5H3. The van der Waals surface area contributed by atoms with E-state index in [1.54, 1.807) is 47.5 Å². The molecule has 43 heavy (non-hydrogen) atoms. The van der Waals surface area contributed by atoms with Crippen LogP contribution in [0, 0.1) is 5.41 Å². The van der Waals surface area contributed by atoms with Crippen molar-refractivity contribution in [1.82, 2.24) is 4.98 Å². The molecule has 0 aliphatic carbocycles. The molecule has 2 N–H and O–H groups in total. The zero-order chi connectivity index (χ0) is 31.3. The van der Waals surface area contributed by atoms with Crippen LogP contribution in [0.4, 0.5) is 5.69 Å². The van der Waals surface area contributed by atoms with Gasteiger partial charge in [-0.1, -0.05) is 37.6 Å². The van der Waals surface area contributed by atoms with Gasteiger partial charge in [0.05, 0.1) is 32.9 Å². The van der Waals surface area contributed by atoms with Gasteiger partial charge in [0.2, 0.25) is 0 Å². The second-order valence-electron chi connectivity index (χ2n) is 10.9. The van der Waals surface area contributed by atoms with Gasteiger partial charge in [-0.2, -0.15) is 0 Å². The van der Waals surface area contributed by atoms with Crippen LogP contribution in [0.5, 0.6) is 11.5 Å².